The molecule has 110 valence electrons. The van der Waals surface area contributed by atoms with Gasteiger partial charge < -0.3 is 10.4 Å². The number of carboxylic acids is 1. The van der Waals surface area contributed by atoms with Crippen molar-refractivity contribution in [3.05, 3.63) is 47.2 Å². The van der Waals surface area contributed by atoms with Gasteiger partial charge in [0.25, 0.3) is 0 Å². The van der Waals surface area contributed by atoms with Gasteiger partial charge in [0.15, 0.2) is 5.82 Å². The molecular formula is C15H17N3O3. The van der Waals surface area contributed by atoms with E-state index in [0.717, 1.165) is 18.5 Å². The summed E-state index contributed by atoms with van der Waals surface area (Å²) in [7, 11) is 0. The minimum Gasteiger partial charge on any atom is -0.478 e. The molecule has 0 atom stereocenters. The summed E-state index contributed by atoms with van der Waals surface area (Å²) in [4.78, 5) is 23.1. The zero-order valence-corrected chi connectivity index (χ0v) is 11.7. The maximum Gasteiger partial charge on any atom is 0.335 e. The summed E-state index contributed by atoms with van der Waals surface area (Å²) in [5.74, 6) is -0.877. The molecule has 1 amide bonds. The Morgan fingerprint density at radius 3 is 2.81 bits per heavy atom. The third kappa shape index (κ3) is 3.92. The van der Waals surface area contributed by atoms with Crippen LogP contribution in [0.25, 0.3) is 0 Å². The van der Waals surface area contributed by atoms with Crippen LogP contribution in [-0.2, 0) is 17.6 Å². The molecule has 0 saturated carbocycles. The summed E-state index contributed by atoms with van der Waals surface area (Å²) in [5.41, 5.74) is 1.58. The number of aryl methyl sites for hydroxylation is 1. The summed E-state index contributed by atoms with van der Waals surface area (Å²) in [6.45, 7) is 2.06. The molecule has 0 aliphatic rings. The number of carboxylic acid groups (broad SMARTS) is 1. The van der Waals surface area contributed by atoms with Crippen LogP contribution in [0.1, 0.15) is 35.0 Å². The second-order valence-electron chi connectivity index (χ2n) is 4.72. The highest BCUT2D eigenvalue weighted by Crippen LogP contribution is 2.12. The number of nitrogens with zero attached hydrogens (tertiary/aromatic N) is 1. The van der Waals surface area contributed by atoms with Crippen LogP contribution in [0.15, 0.2) is 30.3 Å². The van der Waals surface area contributed by atoms with Crippen LogP contribution in [0.2, 0.25) is 0 Å². The van der Waals surface area contributed by atoms with E-state index in [0.29, 0.717) is 11.4 Å². The Morgan fingerprint density at radius 1 is 1.33 bits per heavy atom. The van der Waals surface area contributed by atoms with Crippen LogP contribution in [0.3, 0.4) is 0 Å². The molecule has 6 nitrogen and oxygen atoms in total. The van der Waals surface area contributed by atoms with Gasteiger partial charge in [-0.05, 0) is 18.1 Å². The number of aromatic amines is 1. The lowest BCUT2D eigenvalue weighted by Gasteiger charge is -2.05. The van der Waals surface area contributed by atoms with Crippen molar-refractivity contribution in [3.63, 3.8) is 0 Å². The average molecular weight is 287 g/mol. The molecule has 0 saturated heterocycles. The maximum absolute atomic E-state index is 12.0. The lowest BCUT2D eigenvalue weighted by atomic mass is 10.0. The van der Waals surface area contributed by atoms with Gasteiger partial charge in [-0.1, -0.05) is 31.5 Å². The van der Waals surface area contributed by atoms with Crippen molar-refractivity contribution >= 4 is 17.7 Å². The number of anilines is 1. The highest BCUT2D eigenvalue weighted by Gasteiger charge is 2.13. The van der Waals surface area contributed by atoms with Gasteiger partial charge in [0.05, 0.1) is 12.0 Å². The minimum atomic E-state index is -1.04. The highest BCUT2D eigenvalue weighted by molar-refractivity contribution is 5.95. The number of rotatable bonds is 6. The van der Waals surface area contributed by atoms with Crippen LogP contribution in [0.4, 0.5) is 5.82 Å². The number of amides is 1. The molecule has 0 bridgehead atoms. The molecule has 1 aromatic carbocycles. The van der Waals surface area contributed by atoms with Gasteiger partial charge >= 0.3 is 5.97 Å². The van der Waals surface area contributed by atoms with Gasteiger partial charge in [0.1, 0.15) is 0 Å². The first-order valence-electron chi connectivity index (χ1n) is 6.75. The van der Waals surface area contributed by atoms with E-state index in [4.69, 9.17) is 5.11 Å². The monoisotopic (exact) mass is 287 g/mol. The number of carbonyl (C=O) groups excluding carboxylic acids is 1. The smallest absolute Gasteiger partial charge is 0.335 e. The predicted octanol–water partition coefficient (Wildman–Crippen LogP) is 2.24. The highest BCUT2D eigenvalue weighted by atomic mass is 16.4. The Morgan fingerprint density at radius 2 is 2.10 bits per heavy atom. The van der Waals surface area contributed by atoms with E-state index >= 15 is 0 Å². The van der Waals surface area contributed by atoms with E-state index in [-0.39, 0.29) is 17.9 Å². The first-order chi connectivity index (χ1) is 10.1. The van der Waals surface area contributed by atoms with Crippen molar-refractivity contribution in [2.75, 3.05) is 5.32 Å². The molecule has 0 unspecified atom stereocenters. The lowest BCUT2D eigenvalue weighted by molar-refractivity contribution is -0.115. The number of H-pyrrole nitrogens is 1. The van der Waals surface area contributed by atoms with E-state index in [1.54, 1.807) is 24.3 Å². The van der Waals surface area contributed by atoms with E-state index in [2.05, 4.69) is 22.4 Å². The normalized spacial score (nSPS) is 10.3. The number of hydrogen-bond acceptors (Lipinski definition) is 3. The number of benzene rings is 1. The number of aromatic carboxylic acids is 1. The van der Waals surface area contributed by atoms with Crippen molar-refractivity contribution in [1.29, 1.82) is 0 Å². The summed E-state index contributed by atoms with van der Waals surface area (Å²) in [6, 6.07) is 8.25. The van der Waals surface area contributed by atoms with Gasteiger partial charge in [0.2, 0.25) is 5.91 Å². The maximum atomic E-state index is 12.0. The number of aromatic nitrogens is 2. The van der Waals surface area contributed by atoms with Gasteiger partial charge in [-0.25, -0.2) is 4.79 Å². The minimum absolute atomic E-state index is 0.00154. The van der Waals surface area contributed by atoms with Crippen molar-refractivity contribution in [1.82, 2.24) is 10.2 Å². The predicted molar refractivity (Wildman–Crippen MR) is 78.3 cm³/mol. The fourth-order valence-electron chi connectivity index (χ4n) is 2.07. The van der Waals surface area contributed by atoms with Crippen molar-refractivity contribution < 1.29 is 14.7 Å². The van der Waals surface area contributed by atoms with Crippen LogP contribution < -0.4 is 5.32 Å². The first kappa shape index (κ1) is 14.8. The molecule has 21 heavy (non-hydrogen) atoms. The molecule has 0 spiro atoms. The lowest BCUT2D eigenvalue weighted by Crippen LogP contribution is -2.16. The zero-order valence-electron chi connectivity index (χ0n) is 11.7. The summed E-state index contributed by atoms with van der Waals surface area (Å²) in [5, 5.41) is 18.6. The van der Waals surface area contributed by atoms with Crippen LogP contribution >= 0.6 is 0 Å². The summed E-state index contributed by atoms with van der Waals surface area (Å²) < 4.78 is 0. The Hall–Kier alpha value is -2.63. The molecular weight excluding hydrogens is 270 g/mol. The average Bonchev–Trinajstić information content (AvgIpc) is 2.86. The Labute approximate surface area is 122 Å². The van der Waals surface area contributed by atoms with Crippen LogP contribution in [0, 0.1) is 0 Å². The Bertz CT molecular complexity index is 649. The van der Waals surface area contributed by atoms with Gasteiger partial charge in [-0.15, -0.1) is 0 Å². The standard InChI is InChI=1S/C15H17N3O3/c1-2-5-11-9-13(18-17-11)16-14(19)8-10-6-3-4-7-12(10)15(20)21/h3-4,6-7,9H,2,5,8H2,1H3,(H,20,21)(H2,16,17,18,19). The third-order valence-corrected chi connectivity index (χ3v) is 3.02. The van der Waals surface area contributed by atoms with Crippen LogP contribution in [-0.4, -0.2) is 27.2 Å². The molecule has 1 heterocycles. The molecule has 0 radical (unpaired) electrons. The van der Waals surface area contributed by atoms with Gasteiger partial charge in [-0.3, -0.25) is 9.89 Å². The number of nitrogens with one attached hydrogen (secondary N) is 2. The molecule has 2 aromatic rings. The summed E-state index contributed by atoms with van der Waals surface area (Å²) in [6.07, 6.45) is 1.85. The van der Waals surface area contributed by atoms with E-state index in [1.807, 2.05) is 0 Å². The molecule has 1 aromatic heterocycles. The number of hydrogen-bond donors (Lipinski definition) is 3. The molecule has 3 N–H and O–H groups in total. The fraction of sp³-hybridized carbons (Fsp3) is 0.267. The molecule has 2 rings (SSSR count). The molecule has 0 aliphatic carbocycles. The molecule has 0 fully saturated rings. The zero-order chi connectivity index (χ0) is 15.2. The number of carbonyl (C=O) groups is 2. The Balaban J connectivity index is 2.03. The quantitative estimate of drug-likeness (QED) is 0.759. The van der Waals surface area contributed by atoms with E-state index < -0.39 is 5.97 Å². The van der Waals surface area contributed by atoms with Crippen LogP contribution in [0.5, 0.6) is 0 Å². The molecule has 0 aliphatic heterocycles. The van der Waals surface area contributed by atoms with Crippen molar-refractivity contribution in [3.8, 4) is 0 Å². The second-order valence-corrected chi connectivity index (χ2v) is 4.72. The van der Waals surface area contributed by atoms with E-state index in [9.17, 15) is 9.59 Å². The Kier molecular flexibility index (Phi) is 4.71. The topological polar surface area (TPSA) is 95.1 Å². The van der Waals surface area contributed by atoms with Gasteiger partial charge in [0, 0.05) is 11.8 Å². The van der Waals surface area contributed by atoms with Crippen molar-refractivity contribution in [2.24, 2.45) is 0 Å². The SMILES string of the molecule is CCCc1cc(NC(=O)Cc2ccccc2C(=O)O)n[nH]1. The van der Waals surface area contributed by atoms with Crippen molar-refractivity contribution in [2.45, 2.75) is 26.2 Å². The van der Waals surface area contributed by atoms with E-state index in [1.165, 1.54) is 6.07 Å². The second kappa shape index (κ2) is 6.69. The summed E-state index contributed by atoms with van der Waals surface area (Å²) >= 11 is 0. The fourth-order valence-corrected chi connectivity index (χ4v) is 2.07. The third-order valence-electron chi connectivity index (χ3n) is 3.02. The van der Waals surface area contributed by atoms with Gasteiger partial charge in [-0.2, -0.15) is 5.10 Å². The molecule has 6 heteroatoms. The largest absolute Gasteiger partial charge is 0.478 e. The first-order valence-corrected chi connectivity index (χ1v) is 6.75.